The largest absolute Gasteiger partial charge is 0.316 e. The van der Waals surface area contributed by atoms with E-state index >= 15 is 0 Å². The standard InChI is InChI=1S/C11H20FN/c1-11(7-9(11)12)10(13-2)8-5-3-4-6-8/h8-10,13H,3-7H2,1-2H3. The number of rotatable bonds is 3. The van der Waals surface area contributed by atoms with E-state index in [1.807, 2.05) is 7.05 Å². The lowest BCUT2D eigenvalue weighted by molar-refractivity contribution is 0.230. The summed E-state index contributed by atoms with van der Waals surface area (Å²) in [5, 5.41) is 3.34. The lowest BCUT2D eigenvalue weighted by Crippen LogP contribution is -2.40. The van der Waals surface area contributed by atoms with Crippen LogP contribution in [0.25, 0.3) is 0 Å². The van der Waals surface area contributed by atoms with E-state index in [9.17, 15) is 4.39 Å². The van der Waals surface area contributed by atoms with Crippen LogP contribution in [0.2, 0.25) is 0 Å². The van der Waals surface area contributed by atoms with Gasteiger partial charge in [-0.2, -0.15) is 0 Å². The predicted molar refractivity (Wildman–Crippen MR) is 52.4 cm³/mol. The Balaban J connectivity index is 2.00. The van der Waals surface area contributed by atoms with Gasteiger partial charge in [0.1, 0.15) is 6.17 Å². The number of halogens is 1. The van der Waals surface area contributed by atoms with Crippen molar-refractivity contribution in [1.29, 1.82) is 0 Å². The summed E-state index contributed by atoms with van der Waals surface area (Å²) in [4.78, 5) is 0. The second kappa shape index (κ2) is 3.23. The minimum atomic E-state index is -0.550. The molecule has 0 amide bonds. The zero-order chi connectivity index (χ0) is 9.47. The Labute approximate surface area is 80.1 Å². The molecule has 2 aliphatic carbocycles. The zero-order valence-corrected chi connectivity index (χ0v) is 8.65. The molecule has 0 aromatic rings. The van der Waals surface area contributed by atoms with E-state index in [4.69, 9.17) is 0 Å². The lowest BCUT2D eigenvalue weighted by atomic mass is 9.85. The van der Waals surface area contributed by atoms with Gasteiger partial charge in [-0.15, -0.1) is 0 Å². The fourth-order valence-electron chi connectivity index (χ4n) is 3.04. The molecule has 0 aromatic heterocycles. The second-order valence-corrected chi connectivity index (χ2v) is 4.99. The van der Waals surface area contributed by atoms with Crippen LogP contribution < -0.4 is 5.32 Å². The Hall–Kier alpha value is -0.110. The Bertz CT molecular complexity index is 189. The molecule has 0 saturated heterocycles. The van der Waals surface area contributed by atoms with E-state index in [2.05, 4.69) is 12.2 Å². The van der Waals surface area contributed by atoms with Crippen molar-refractivity contribution in [3.63, 3.8) is 0 Å². The summed E-state index contributed by atoms with van der Waals surface area (Å²) in [6, 6.07) is 0.421. The Morgan fingerprint density at radius 3 is 2.31 bits per heavy atom. The first-order valence-electron chi connectivity index (χ1n) is 5.50. The first-order chi connectivity index (χ1) is 6.18. The minimum Gasteiger partial charge on any atom is -0.316 e. The van der Waals surface area contributed by atoms with Gasteiger partial charge in [-0.05, 0) is 32.2 Å². The monoisotopic (exact) mass is 185 g/mol. The molecule has 0 heterocycles. The van der Waals surface area contributed by atoms with Crippen molar-refractivity contribution in [2.45, 2.75) is 51.2 Å². The Morgan fingerprint density at radius 1 is 1.38 bits per heavy atom. The average Bonchev–Trinajstić information content (AvgIpc) is 2.56. The first kappa shape index (κ1) is 9.45. The van der Waals surface area contributed by atoms with E-state index < -0.39 is 6.17 Å². The lowest BCUT2D eigenvalue weighted by Gasteiger charge is -2.28. The molecule has 0 bridgehead atoms. The van der Waals surface area contributed by atoms with Crippen LogP contribution in [0.3, 0.4) is 0 Å². The molecule has 1 nitrogen and oxygen atoms in total. The van der Waals surface area contributed by atoms with Crippen LogP contribution in [-0.2, 0) is 0 Å². The summed E-state index contributed by atoms with van der Waals surface area (Å²) in [6.07, 6.45) is 5.51. The molecule has 3 atom stereocenters. The summed E-state index contributed by atoms with van der Waals surface area (Å²) >= 11 is 0. The van der Waals surface area contributed by atoms with Crippen molar-refractivity contribution in [3.8, 4) is 0 Å². The second-order valence-electron chi connectivity index (χ2n) is 4.99. The third-order valence-electron chi connectivity index (χ3n) is 4.07. The van der Waals surface area contributed by atoms with Crippen LogP contribution in [0, 0.1) is 11.3 Å². The van der Waals surface area contributed by atoms with Gasteiger partial charge in [0, 0.05) is 11.5 Å². The average molecular weight is 185 g/mol. The summed E-state index contributed by atoms with van der Waals surface area (Å²) < 4.78 is 13.2. The van der Waals surface area contributed by atoms with E-state index in [1.165, 1.54) is 25.7 Å². The summed E-state index contributed by atoms with van der Waals surface area (Å²) in [7, 11) is 1.99. The third kappa shape index (κ3) is 1.50. The van der Waals surface area contributed by atoms with Gasteiger partial charge in [-0.1, -0.05) is 19.8 Å². The van der Waals surface area contributed by atoms with Crippen LogP contribution in [-0.4, -0.2) is 19.3 Å². The first-order valence-corrected chi connectivity index (χ1v) is 5.50. The van der Waals surface area contributed by atoms with Crippen LogP contribution >= 0.6 is 0 Å². The number of nitrogens with one attached hydrogen (secondary N) is 1. The maximum atomic E-state index is 13.2. The molecular weight excluding hydrogens is 165 g/mol. The molecule has 3 unspecified atom stereocenters. The molecule has 2 rings (SSSR count). The minimum absolute atomic E-state index is 0.0379. The molecule has 2 aliphatic rings. The van der Waals surface area contributed by atoms with Crippen molar-refractivity contribution in [1.82, 2.24) is 5.32 Å². The van der Waals surface area contributed by atoms with Gasteiger partial charge in [-0.25, -0.2) is 4.39 Å². The maximum Gasteiger partial charge on any atom is 0.108 e. The fraction of sp³-hybridized carbons (Fsp3) is 1.00. The van der Waals surface area contributed by atoms with Gasteiger partial charge in [0.05, 0.1) is 0 Å². The fourth-order valence-corrected chi connectivity index (χ4v) is 3.04. The topological polar surface area (TPSA) is 12.0 Å². The highest BCUT2D eigenvalue weighted by molar-refractivity contribution is 5.09. The normalized spacial score (nSPS) is 42.2. The van der Waals surface area contributed by atoms with E-state index in [-0.39, 0.29) is 5.41 Å². The van der Waals surface area contributed by atoms with Gasteiger partial charge >= 0.3 is 0 Å². The van der Waals surface area contributed by atoms with Crippen LogP contribution in [0.15, 0.2) is 0 Å². The molecule has 0 aliphatic heterocycles. The van der Waals surface area contributed by atoms with E-state index in [1.54, 1.807) is 0 Å². The smallest absolute Gasteiger partial charge is 0.108 e. The van der Waals surface area contributed by atoms with Crippen molar-refractivity contribution in [2.24, 2.45) is 11.3 Å². The van der Waals surface area contributed by atoms with Gasteiger partial charge < -0.3 is 5.32 Å². The van der Waals surface area contributed by atoms with Crippen LogP contribution in [0.5, 0.6) is 0 Å². The molecular formula is C11H20FN. The number of hydrogen-bond acceptors (Lipinski definition) is 1. The van der Waals surface area contributed by atoms with Gasteiger partial charge in [0.15, 0.2) is 0 Å². The van der Waals surface area contributed by atoms with Gasteiger partial charge in [0.2, 0.25) is 0 Å². The SMILES string of the molecule is CNC(C1CCCC1)C1(C)CC1F. The summed E-state index contributed by atoms with van der Waals surface area (Å²) in [5.41, 5.74) is -0.0379. The Kier molecular flexibility index (Phi) is 2.35. The predicted octanol–water partition coefficient (Wildman–Crippen LogP) is 2.51. The molecule has 1 N–H and O–H groups in total. The summed E-state index contributed by atoms with van der Waals surface area (Å²) in [6.45, 7) is 2.09. The van der Waals surface area contributed by atoms with E-state index in [0.717, 1.165) is 12.3 Å². The molecule has 2 heteroatoms. The molecule has 0 radical (unpaired) electrons. The number of hydrogen-bond donors (Lipinski definition) is 1. The summed E-state index contributed by atoms with van der Waals surface area (Å²) in [5.74, 6) is 0.732. The number of alkyl halides is 1. The van der Waals surface area contributed by atoms with Crippen molar-refractivity contribution < 1.29 is 4.39 Å². The molecule has 13 heavy (non-hydrogen) atoms. The van der Waals surface area contributed by atoms with Crippen molar-refractivity contribution in [2.75, 3.05) is 7.05 Å². The van der Waals surface area contributed by atoms with Gasteiger partial charge in [-0.3, -0.25) is 0 Å². The van der Waals surface area contributed by atoms with E-state index in [0.29, 0.717) is 6.04 Å². The quantitative estimate of drug-likeness (QED) is 0.712. The highest BCUT2D eigenvalue weighted by Crippen LogP contribution is 2.54. The highest BCUT2D eigenvalue weighted by Gasteiger charge is 2.57. The highest BCUT2D eigenvalue weighted by atomic mass is 19.1. The Morgan fingerprint density at radius 2 is 1.92 bits per heavy atom. The molecule has 0 spiro atoms. The molecule has 2 saturated carbocycles. The maximum absolute atomic E-state index is 13.2. The third-order valence-corrected chi connectivity index (χ3v) is 4.07. The molecule has 0 aromatic carbocycles. The van der Waals surface area contributed by atoms with Crippen LogP contribution in [0.1, 0.15) is 39.0 Å². The van der Waals surface area contributed by atoms with Crippen molar-refractivity contribution >= 4 is 0 Å². The molecule has 2 fully saturated rings. The molecule has 76 valence electrons. The van der Waals surface area contributed by atoms with Crippen molar-refractivity contribution in [3.05, 3.63) is 0 Å². The zero-order valence-electron chi connectivity index (χ0n) is 8.65. The van der Waals surface area contributed by atoms with Gasteiger partial charge in [0.25, 0.3) is 0 Å². The van der Waals surface area contributed by atoms with Crippen LogP contribution in [0.4, 0.5) is 4.39 Å².